The molecular weight excluding hydrogens is 416 g/mol. The molecule has 0 aliphatic rings. The van der Waals surface area contributed by atoms with E-state index in [-0.39, 0.29) is 17.5 Å². The molecule has 3 rings (SSSR count). The maximum absolute atomic E-state index is 12.8. The minimum absolute atomic E-state index is 0.187. The standard InChI is InChI=1S/C23H19BrN2O2/c24-20-13-7-12-19(15-20)22(27)26-21(14-17-8-3-1-4-9-17)23(28)25-16-18-10-5-2-6-11-18/h1-15H,16H2,(H,25,28)(H,26,27). The van der Waals surface area contributed by atoms with Crippen LogP contribution in [-0.4, -0.2) is 11.8 Å². The molecule has 140 valence electrons. The summed E-state index contributed by atoms with van der Waals surface area (Å²) in [6.07, 6.45) is 1.66. The van der Waals surface area contributed by atoms with E-state index in [4.69, 9.17) is 0 Å². The second-order valence-corrected chi connectivity index (χ2v) is 7.02. The third-order valence-electron chi connectivity index (χ3n) is 3.99. The molecule has 0 aliphatic carbocycles. The van der Waals surface area contributed by atoms with E-state index in [0.29, 0.717) is 12.1 Å². The molecule has 0 saturated heterocycles. The first-order valence-corrected chi connectivity index (χ1v) is 9.57. The third-order valence-corrected chi connectivity index (χ3v) is 4.48. The molecule has 0 unspecified atom stereocenters. The molecule has 3 aromatic rings. The topological polar surface area (TPSA) is 58.2 Å². The summed E-state index contributed by atoms with van der Waals surface area (Å²) in [5.41, 5.74) is 2.45. The Hall–Kier alpha value is -3.18. The summed E-state index contributed by atoms with van der Waals surface area (Å²) in [5, 5.41) is 5.59. The van der Waals surface area contributed by atoms with Crippen molar-refractivity contribution in [3.05, 3.63) is 112 Å². The van der Waals surface area contributed by atoms with Crippen molar-refractivity contribution in [2.24, 2.45) is 0 Å². The van der Waals surface area contributed by atoms with Crippen molar-refractivity contribution in [1.82, 2.24) is 10.6 Å². The van der Waals surface area contributed by atoms with E-state index in [1.165, 1.54) is 0 Å². The maximum atomic E-state index is 12.8. The molecule has 0 saturated carbocycles. The molecule has 2 amide bonds. The second kappa shape index (κ2) is 9.67. The van der Waals surface area contributed by atoms with Crippen LogP contribution in [0.25, 0.3) is 6.08 Å². The van der Waals surface area contributed by atoms with E-state index >= 15 is 0 Å². The molecule has 0 spiro atoms. The van der Waals surface area contributed by atoms with Gasteiger partial charge in [0.05, 0.1) is 0 Å². The normalized spacial score (nSPS) is 11.0. The van der Waals surface area contributed by atoms with Crippen LogP contribution in [0.1, 0.15) is 21.5 Å². The van der Waals surface area contributed by atoms with Gasteiger partial charge in [-0.25, -0.2) is 0 Å². The third kappa shape index (κ3) is 5.66. The van der Waals surface area contributed by atoms with Crippen LogP contribution in [0.3, 0.4) is 0 Å². The summed E-state index contributed by atoms with van der Waals surface area (Å²) in [4.78, 5) is 25.4. The first-order chi connectivity index (χ1) is 13.6. The molecule has 0 aliphatic heterocycles. The Morgan fingerprint density at radius 3 is 2.21 bits per heavy atom. The average Bonchev–Trinajstić information content (AvgIpc) is 2.73. The lowest BCUT2D eigenvalue weighted by molar-refractivity contribution is -0.117. The molecule has 5 heteroatoms. The number of amides is 2. The Kier molecular flexibility index (Phi) is 6.76. The highest BCUT2D eigenvalue weighted by molar-refractivity contribution is 9.10. The van der Waals surface area contributed by atoms with Gasteiger partial charge in [-0.2, -0.15) is 0 Å². The summed E-state index contributed by atoms with van der Waals surface area (Å²) in [5.74, 6) is -0.700. The Morgan fingerprint density at radius 2 is 1.54 bits per heavy atom. The summed E-state index contributed by atoms with van der Waals surface area (Å²) in [6.45, 7) is 0.374. The summed E-state index contributed by atoms with van der Waals surface area (Å²) in [6, 6.07) is 26.0. The van der Waals surface area contributed by atoms with Gasteiger partial charge in [0.25, 0.3) is 11.8 Å². The van der Waals surface area contributed by atoms with Gasteiger partial charge in [0.2, 0.25) is 0 Å². The monoisotopic (exact) mass is 434 g/mol. The van der Waals surface area contributed by atoms with Gasteiger partial charge >= 0.3 is 0 Å². The van der Waals surface area contributed by atoms with Gasteiger partial charge in [0.1, 0.15) is 5.70 Å². The van der Waals surface area contributed by atoms with Crippen molar-refractivity contribution in [1.29, 1.82) is 0 Å². The zero-order valence-electron chi connectivity index (χ0n) is 15.1. The molecular formula is C23H19BrN2O2. The highest BCUT2D eigenvalue weighted by atomic mass is 79.9. The van der Waals surface area contributed by atoms with Crippen LogP contribution < -0.4 is 10.6 Å². The first-order valence-electron chi connectivity index (χ1n) is 8.77. The fraction of sp³-hybridized carbons (Fsp3) is 0.0435. The van der Waals surface area contributed by atoms with E-state index in [2.05, 4.69) is 26.6 Å². The fourth-order valence-corrected chi connectivity index (χ4v) is 2.97. The fourth-order valence-electron chi connectivity index (χ4n) is 2.57. The van der Waals surface area contributed by atoms with Gasteiger partial charge in [0.15, 0.2) is 0 Å². The quantitative estimate of drug-likeness (QED) is 0.559. The molecule has 0 aromatic heterocycles. The van der Waals surface area contributed by atoms with Gasteiger partial charge in [-0.3, -0.25) is 9.59 Å². The van der Waals surface area contributed by atoms with Crippen LogP contribution in [0.4, 0.5) is 0 Å². The Labute approximate surface area is 172 Å². The van der Waals surface area contributed by atoms with Crippen molar-refractivity contribution >= 4 is 33.8 Å². The van der Waals surface area contributed by atoms with Gasteiger partial charge in [-0.1, -0.05) is 82.7 Å². The zero-order chi connectivity index (χ0) is 19.8. The van der Waals surface area contributed by atoms with Crippen LogP contribution in [0, 0.1) is 0 Å². The van der Waals surface area contributed by atoms with Crippen molar-refractivity contribution in [3.63, 3.8) is 0 Å². The van der Waals surface area contributed by atoms with E-state index in [1.807, 2.05) is 66.7 Å². The van der Waals surface area contributed by atoms with E-state index in [9.17, 15) is 9.59 Å². The van der Waals surface area contributed by atoms with Crippen LogP contribution in [-0.2, 0) is 11.3 Å². The highest BCUT2D eigenvalue weighted by Gasteiger charge is 2.15. The van der Waals surface area contributed by atoms with Gasteiger partial charge < -0.3 is 10.6 Å². The summed E-state index contributed by atoms with van der Waals surface area (Å²) >= 11 is 3.36. The Balaban J connectivity index is 1.79. The number of carbonyl (C=O) groups excluding carboxylic acids is 2. The molecule has 3 aromatic carbocycles. The van der Waals surface area contributed by atoms with Crippen LogP contribution >= 0.6 is 15.9 Å². The SMILES string of the molecule is O=C(NCc1ccccc1)C(=Cc1ccccc1)NC(=O)c1cccc(Br)c1. The second-order valence-electron chi connectivity index (χ2n) is 6.10. The molecule has 0 fully saturated rings. The number of hydrogen-bond acceptors (Lipinski definition) is 2. The van der Waals surface area contributed by atoms with Gasteiger partial charge in [-0.15, -0.1) is 0 Å². The van der Waals surface area contributed by atoms with Crippen molar-refractivity contribution in [2.45, 2.75) is 6.54 Å². The first kappa shape index (κ1) is 19.6. The largest absolute Gasteiger partial charge is 0.347 e. The predicted molar refractivity (Wildman–Crippen MR) is 114 cm³/mol. The molecule has 4 nitrogen and oxygen atoms in total. The number of benzene rings is 3. The highest BCUT2D eigenvalue weighted by Crippen LogP contribution is 2.13. The average molecular weight is 435 g/mol. The minimum Gasteiger partial charge on any atom is -0.347 e. The van der Waals surface area contributed by atoms with Crippen molar-refractivity contribution < 1.29 is 9.59 Å². The van der Waals surface area contributed by atoms with E-state index in [1.54, 1.807) is 24.3 Å². The van der Waals surface area contributed by atoms with Gasteiger partial charge in [-0.05, 0) is 35.4 Å². The Bertz CT molecular complexity index is 986. The smallest absolute Gasteiger partial charge is 0.268 e. The Morgan fingerprint density at radius 1 is 0.857 bits per heavy atom. The lowest BCUT2D eigenvalue weighted by Crippen LogP contribution is -2.34. The number of halogens is 1. The summed E-state index contributed by atoms with van der Waals surface area (Å²) < 4.78 is 0.794. The van der Waals surface area contributed by atoms with E-state index in [0.717, 1.165) is 15.6 Å². The molecule has 0 radical (unpaired) electrons. The zero-order valence-corrected chi connectivity index (χ0v) is 16.6. The molecule has 28 heavy (non-hydrogen) atoms. The molecule has 0 bridgehead atoms. The number of carbonyl (C=O) groups is 2. The predicted octanol–water partition coefficient (Wildman–Crippen LogP) is 4.54. The summed E-state index contributed by atoms with van der Waals surface area (Å²) in [7, 11) is 0. The number of nitrogens with one attached hydrogen (secondary N) is 2. The lowest BCUT2D eigenvalue weighted by atomic mass is 10.1. The van der Waals surface area contributed by atoms with Crippen molar-refractivity contribution in [3.8, 4) is 0 Å². The van der Waals surface area contributed by atoms with E-state index < -0.39 is 0 Å². The number of hydrogen-bond donors (Lipinski definition) is 2. The van der Waals surface area contributed by atoms with Crippen LogP contribution in [0.2, 0.25) is 0 Å². The van der Waals surface area contributed by atoms with Gasteiger partial charge in [0, 0.05) is 16.6 Å². The molecule has 0 atom stereocenters. The molecule has 0 heterocycles. The van der Waals surface area contributed by atoms with Crippen LogP contribution in [0.5, 0.6) is 0 Å². The number of rotatable bonds is 6. The minimum atomic E-state index is -0.351. The van der Waals surface area contributed by atoms with Crippen molar-refractivity contribution in [2.75, 3.05) is 0 Å². The lowest BCUT2D eigenvalue weighted by Gasteiger charge is -2.11. The van der Waals surface area contributed by atoms with Crippen LogP contribution in [0.15, 0.2) is 95.1 Å². The maximum Gasteiger partial charge on any atom is 0.268 e. The molecule has 2 N–H and O–H groups in total.